The van der Waals surface area contributed by atoms with E-state index >= 15 is 0 Å². The van der Waals surface area contributed by atoms with E-state index in [0.29, 0.717) is 17.8 Å². The summed E-state index contributed by atoms with van der Waals surface area (Å²) in [5.74, 6) is -1.33. The Morgan fingerprint density at radius 1 is 0.974 bits per heavy atom. The zero-order valence-corrected chi connectivity index (χ0v) is 22.7. The number of rotatable bonds is 12. The lowest BCUT2D eigenvalue weighted by atomic mass is 10.1. The third-order valence-electron chi connectivity index (χ3n) is 6.16. The maximum absolute atomic E-state index is 13.8. The van der Waals surface area contributed by atoms with Crippen molar-refractivity contribution in [1.82, 2.24) is 10.2 Å². The summed E-state index contributed by atoms with van der Waals surface area (Å²) in [7, 11) is -4.11. The molecule has 0 heterocycles. The summed E-state index contributed by atoms with van der Waals surface area (Å²) in [6, 6.07) is 19.5. The first-order valence-corrected chi connectivity index (χ1v) is 14.0. The molecule has 2 amide bonds. The highest BCUT2D eigenvalue weighted by Crippen LogP contribution is 2.25. The van der Waals surface area contributed by atoms with Crippen LogP contribution in [0.5, 0.6) is 0 Å². The SMILES string of the molecule is CCCCNC(=O)[C@H](C)N(Cc1ccc(F)cc1)C(=O)CN(c1cccc(C)c1)S(=O)(=O)c1ccccc1. The zero-order valence-electron chi connectivity index (χ0n) is 21.9. The fourth-order valence-electron chi connectivity index (χ4n) is 3.94. The molecular weight excluding hydrogens is 505 g/mol. The molecule has 0 aliphatic heterocycles. The Morgan fingerprint density at radius 2 is 1.66 bits per heavy atom. The minimum atomic E-state index is -4.11. The largest absolute Gasteiger partial charge is 0.354 e. The van der Waals surface area contributed by atoms with Crippen molar-refractivity contribution in [2.24, 2.45) is 0 Å². The number of halogens is 1. The van der Waals surface area contributed by atoms with Crippen LogP contribution < -0.4 is 9.62 Å². The summed E-state index contributed by atoms with van der Waals surface area (Å²) < 4.78 is 42.0. The van der Waals surface area contributed by atoms with Gasteiger partial charge in [0.15, 0.2) is 0 Å². The Kier molecular flexibility index (Phi) is 10.0. The van der Waals surface area contributed by atoms with Gasteiger partial charge >= 0.3 is 0 Å². The highest BCUT2D eigenvalue weighted by molar-refractivity contribution is 7.92. The predicted molar refractivity (Wildman–Crippen MR) is 146 cm³/mol. The number of anilines is 1. The first kappa shape index (κ1) is 28.8. The number of carbonyl (C=O) groups excluding carboxylic acids is 2. The van der Waals surface area contributed by atoms with Crippen molar-refractivity contribution in [3.8, 4) is 0 Å². The van der Waals surface area contributed by atoms with Crippen LogP contribution in [0.3, 0.4) is 0 Å². The van der Waals surface area contributed by atoms with Gasteiger partial charge in [-0.15, -0.1) is 0 Å². The molecule has 1 atom stereocenters. The van der Waals surface area contributed by atoms with Gasteiger partial charge in [-0.1, -0.05) is 55.8 Å². The maximum atomic E-state index is 13.8. The number of unbranched alkanes of at least 4 members (excludes halogenated alkanes) is 1. The molecule has 0 fully saturated rings. The molecule has 0 spiro atoms. The lowest BCUT2D eigenvalue weighted by Gasteiger charge is -2.32. The molecule has 0 aliphatic carbocycles. The van der Waals surface area contributed by atoms with Crippen molar-refractivity contribution in [3.05, 3.63) is 95.8 Å². The number of sulfonamides is 1. The van der Waals surface area contributed by atoms with Gasteiger partial charge in [0.2, 0.25) is 11.8 Å². The van der Waals surface area contributed by atoms with E-state index in [1.54, 1.807) is 43.3 Å². The Morgan fingerprint density at radius 3 is 2.29 bits per heavy atom. The van der Waals surface area contributed by atoms with Gasteiger partial charge in [-0.3, -0.25) is 13.9 Å². The summed E-state index contributed by atoms with van der Waals surface area (Å²) in [6.07, 6.45) is 1.69. The van der Waals surface area contributed by atoms with Crippen molar-refractivity contribution in [1.29, 1.82) is 0 Å². The smallest absolute Gasteiger partial charge is 0.264 e. The normalized spacial score (nSPS) is 12.0. The summed E-state index contributed by atoms with van der Waals surface area (Å²) >= 11 is 0. The van der Waals surface area contributed by atoms with Gasteiger partial charge in [0.25, 0.3) is 10.0 Å². The van der Waals surface area contributed by atoms with E-state index in [1.165, 1.54) is 41.3 Å². The third kappa shape index (κ3) is 7.41. The van der Waals surface area contributed by atoms with Crippen molar-refractivity contribution >= 4 is 27.5 Å². The Hall–Kier alpha value is -3.72. The first-order valence-electron chi connectivity index (χ1n) is 12.6. The monoisotopic (exact) mass is 539 g/mol. The number of hydrogen-bond donors (Lipinski definition) is 1. The van der Waals surface area contributed by atoms with Gasteiger partial charge in [0, 0.05) is 13.1 Å². The van der Waals surface area contributed by atoms with Crippen LogP contribution in [0.1, 0.15) is 37.8 Å². The highest BCUT2D eigenvalue weighted by Gasteiger charge is 2.32. The second kappa shape index (κ2) is 13.2. The van der Waals surface area contributed by atoms with Crippen molar-refractivity contribution < 1.29 is 22.4 Å². The molecule has 3 aromatic rings. The molecule has 38 heavy (non-hydrogen) atoms. The van der Waals surface area contributed by atoms with Crippen LogP contribution >= 0.6 is 0 Å². The van der Waals surface area contributed by atoms with Gasteiger partial charge in [0.05, 0.1) is 10.6 Å². The van der Waals surface area contributed by atoms with Gasteiger partial charge < -0.3 is 10.2 Å². The lowest BCUT2D eigenvalue weighted by molar-refractivity contribution is -0.139. The zero-order chi connectivity index (χ0) is 27.7. The Labute approximate surface area is 224 Å². The first-order chi connectivity index (χ1) is 18.1. The molecule has 9 heteroatoms. The average molecular weight is 540 g/mol. The molecule has 7 nitrogen and oxygen atoms in total. The number of carbonyl (C=O) groups is 2. The molecule has 0 aromatic heterocycles. The number of aryl methyl sites for hydroxylation is 1. The maximum Gasteiger partial charge on any atom is 0.264 e. The summed E-state index contributed by atoms with van der Waals surface area (Å²) in [5, 5.41) is 2.84. The van der Waals surface area contributed by atoms with Crippen LogP contribution in [0, 0.1) is 12.7 Å². The van der Waals surface area contributed by atoms with E-state index in [1.807, 2.05) is 19.9 Å². The van der Waals surface area contributed by atoms with Crippen LogP contribution in [0.15, 0.2) is 83.8 Å². The quantitative estimate of drug-likeness (QED) is 0.339. The van der Waals surface area contributed by atoms with Crippen LogP contribution in [0.25, 0.3) is 0 Å². The van der Waals surface area contributed by atoms with Crippen LogP contribution in [-0.2, 0) is 26.2 Å². The van der Waals surface area contributed by atoms with E-state index < -0.39 is 34.3 Å². The molecule has 3 aromatic carbocycles. The number of amides is 2. The molecule has 0 aliphatic rings. The molecule has 1 N–H and O–H groups in total. The van der Waals surface area contributed by atoms with Crippen molar-refractivity contribution in [3.63, 3.8) is 0 Å². The molecule has 0 bridgehead atoms. The molecule has 202 valence electrons. The molecule has 0 unspecified atom stereocenters. The number of benzene rings is 3. The minimum Gasteiger partial charge on any atom is -0.354 e. The standard InChI is InChI=1S/C29H34FN3O4S/c1-4-5-18-31-29(35)23(3)32(20-24-14-16-25(30)17-15-24)28(34)21-33(26-11-9-10-22(2)19-26)38(36,37)27-12-7-6-8-13-27/h6-17,19,23H,4-5,18,20-21H2,1-3H3,(H,31,35)/t23-/m0/s1. The third-order valence-corrected chi connectivity index (χ3v) is 7.95. The highest BCUT2D eigenvalue weighted by atomic mass is 32.2. The molecular formula is C29H34FN3O4S. The van der Waals surface area contributed by atoms with Gasteiger partial charge in [-0.2, -0.15) is 0 Å². The van der Waals surface area contributed by atoms with Crippen LogP contribution in [-0.4, -0.2) is 44.3 Å². The van der Waals surface area contributed by atoms with E-state index in [-0.39, 0.29) is 17.3 Å². The average Bonchev–Trinajstić information content (AvgIpc) is 2.91. The topological polar surface area (TPSA) is 86.8 Å². The van der Waals surface area contributed by atoms with E-state index in [0.717, 1.165) is 22.7 Å². The minimum absolute atomic E-state index is 0.00845. The number of hydrogen-bond acceptors (Lipinski definition) is 4. The second-order valence-electron chi connectivity index (χ2n) is 9.13. The fourth-order valence-corrected chi connectivity index (χ4v) is 5.36. The number of nitrogens with zero attached hydrogens (tertiary/aromatic N) is 2. The Balaban J connectivity index is 1.98. The molecule has 3 rings (SSSR count). The summed E-state index contributed by atoms with van der Waals surface area (Å²) in [4.78, 5) is 28.1. The fraction of sp³-hybridized carbons (Fsp3) is 0.310. The lowest BCUT2D eigenvalue weighted by Crippen LogP contribution is -2.51. The molecule has 0 saturated carbocycles. The molecule has 0 radical (unpaired) electrons. The number of nitrogens with one attached hydrogen (secondary N) is 1. The predicted octanol–water partition coefficient (Wildman–Crippen LogP) is 4.66. The van der Waals surface area contributed by atoms with Crippen molar-refractivity contribution in [2.75, 3.05) is 17.4 Å². The van der Waals surface area contributed by atoms with E-state index in [2.05, 4.69) is 5.32 Å². The van der Waals surface area contributed by atoms with Gasteiger partial charge in [-0.25, -0.2) is 12.8 Å². The van der Waals surface area contributed by atoms with Crippen molar-refractivity contribution in [2.45, 2.75) is 51.1 Å². The van der Waals surface area contributed by atoms with Crippen LogP contribution in [0.4, 0.5) is 10.1 Å². The summed E-state index contributed by atoms with van der Waals surface area (Å²) in [6.45, 7) is 5.40. The van der Waals surface area contributed by atoms with Gasteiger partial charge in [-0.05, 0) is 67.8 Å². The summed E-state index contributed by atoms with van der Waals surface area (Å²) in [5.41, 5.74) is 1.78. The van der Waals surface area contributed by atoms with E-state index in [4.69, 9.17) is 0 Å². The second-order valence-corrected chi connectivity index (χ2v) is 11.0. The van der Waals surface area contributed by atoms with Gasteiger partial charge in [0.1, 0.15) is 18.4 Å². The Bertz CT molecular complexity index is 1330. The molecule has 0 saturated heterocycles. The van der Waals surface area contributed by atoms with E-state index in [9.17, 15) is 22.4 Å². The van der Waals surface area contributed by atoms with Crippen LogP contribution in [0.2, 0.25) is 0 Å².